The first-order chi connectivity index (χ1) is 10.8. The molecule has 1 aliphatic rings. The lowest BCUT2D eigenvalue weighted by Gasteiger charge is -2.19. The van der Waals surface area contributed by atoms with Gasteiger partial charge in [0.1, 0.15) is 0 Å². The number of fused-ring (bicyclic) bond motifs is 1. The largest absolute Gasteiger partial charge is 0.361 e. The topological polar surface area (TPSA) is 48.1 Å². The van der Waals surface area contributed by atoms with E-state index in [0.29, 0.717) is 6.54 Å². The minimum atomic E-state index is 0.146. The van der Waals surface area contributed by atoms with Crippen LogP contribution in [0.2, 0.25) is 0 Å². The van der Waals surface area contributed by atoms with Crippen LogP contribution in [0.25, 0.3) is 10.9 Å². The standard InChI is InChI=1S/C18H24N3O/c22-18(16-6-5-15-7-8-20-17(15)13-16)14-19-9-12-21-10-3-1-2-4-11-21/h5-6,8,13,19-20H,1-4,9-12,14H2. The highest BCUT2D eigenvalue weighted by Crippen LogP contribution is 2.14. The summed E-state index contributed by atoms with van der Waals surface area (Å²) in [6.07, 6.45) is 7.12. The highest BCUT2D eigenvalue weighted by atomic mass is 16.1. The van der Waals surface area contributed by atoms with Gasteiger partial charge in [-0.2, -0.15) is 0 Å². The first-order valence-electron chi connectivity index (χ1n) is 8.28. The van der Waals surface area contributed by atoms with Crippen LogP contribution >= 0.6 is 0 Å². The zero-order valence-electron chi connectivity index (χ0n) is 13.0. The Morgan fingerprint density at radius 2 is 2.05 bits per heavy atom. The molecule has 0 bridgehead atoms. The van der Waals surface area contributed by atoms with E-state index in [1.165, 1.54) is 38.8 Å². The second kappa shape index (κ2) is 7.56. The van der Waals surface area contributed by atoms with Gasteiger partial charge in [-0.25, -0.2) is 0 Å². The van der Waals surface area contributed by atoms with E-state index in [-0.39, 0.29) is 5.78 Å². The number of aromatic amines is 1. The third kappa shape index (κ3) is 3.96. The van der Waals surface area contributed by atoms with E-state index in [1.54, 1.807) is 6.20 Å². The van der Waals surface area contributed by atoms with Crippen molar-refractivity contribution in [3.63, 3.8) is 0 Å². The summed E-state index contributed by atoms with van der Waals surface area (Å²) >= 11 is 0. The molecule has 0 aliphatic carbocycles. The zero-order valence-corrected chi connectivity index (χ0v) is 13.0. The molecule has 0 amide bonds. The molecular formula is C18H24N3O. The molecule has 1 aromatic carbocycles. The fourth-order valence-corrected chi connectivity index (χ4v) is 3.06. The van der Waals surface area contributed by atoms with Crippen molar-refractivity contribution in [3.05, 3.63) is 36.0 Å². The third-order valence-electron chi connectivity index (χ3n) is 4.39. The summed E-state index contributed by atoms with van der Waals surface area (Å²) in [5.74, 6) is 0.146. The van der Waals surface area contributed by atoms with E-state index in [2.05, 4.69) is 21.3 Å². The molecule has 2 N–H and O–H groups in total. The number of hydrogen-bond donors (Lipinski definition) is 2. The summed E-state index contributed by atoms with van der Waals surface area (Å²) in [5, 5.41) is 4.30. The van der Waals surface area contributed by atoms with Gasteiger partial charge in [0.05, 0.1) is 6.54 Å². The monoisotopic (exact) mass is 298 g/mol. The first kappa shape index (κ1) is 15.3. The SMILES string of the molecule is O=C(CNCCN1CCCCCC1)c1ccc2[c]c[nH]c2c1. The Bertz CT molecular complexity index is 612. The van der Waals surface area contributed by atoms with E-state index in [9.17, 15) is 4.79 Å². The number of likely N-dealkylation sites (tertiary alicyclic amines) is 1. The number of carbonyl (C=O) groups is 1. The smallest absolute Gasteiger partial charge is 0.176 e. The number of nitrogens with zero attached hydrogens (tertiary/aromatic N) is 1. The molecule has 0 spiro atoms. The molecule has 0 saturated carbocycles. The number of carbonyl (C=O) groups excluding carboxylic acids is 1. The Morgan fingerprint density at radius 3 is 2.86 bits per heavy atom. The van der Waals surface area contributed by atoms with Crippen molar-refractivity contribution in [2.75, 3.05) is 32.7 Å². The van der Waals surface area contributed by atoms with E-state index in [1.807, 2.05) is 18.2 Å². The van der Waals surface area contributed by atoms with Gasteiger partial charge in [0.15, 0.2) is 5.78 Å². The summed E-state index contributed by atoms with van der Waals surface area (Å²) in [6, 6.07) is 8.82. The molecule has 1 aromatic heterocycles. The van der Waals surface area contributed by atoms with E-state index in [0.717, 1.165) is 29.6 Å². The van der Waals surface area contributed by atoms with Crippen LogP contribution in [0.15, 0.2) is 24.4 Å². The molecule has 0 unspecified atom stereocenters. The minimum absolute atomic E-state index is 0.146. The number of Topliss-reactive ketones (excluding diaryl/α,β-unsaturated/α-hetero) is 1. The number of aromatic nitrogens is 1. The number of H-pyrrole nitrogens is 1. The average molecular weight is 298 g/mol. The van der Waals surface area contributed by atoms with Gasteiger partial charge in [-0.1, -0.05) is 25.0 Å². The maximum absolute atomic E-state index is 12.2. The summed E-state index contributed by atoms with van der Waals surface area (Å²) in [7, 11) is 0. The van der Waals surface area contributed by atoms with Crippen LogP contribution in [0.1, 0.15) is 36.0 Å². The van der Waals surface area contributed by atoms with Crippen LogP contribution < -0.4 is 5.32 Å². The second-order valence-corrected chi connectivity index (χ2v) is 6.05. The van der Waals surface area contributed by atoms with Crippen molar-refractivity contribution in [2.45, 2.75) is 25.7 Å². The normalized spacial score (nSPS) is 16.7. The highest BCUT2D eigenvalue weighted by molar-refractivity contribution is 6.00. The fourth-order valence-electron chi connectivity index (χ4n) is 3.06. The lowest BCUT2D eigenvalue weighted by Crippen LogP contribution is -2.34. The highest BCUT2D eigenvalue weighted by Gasteiger charge is 2.09. The Balaban J connectivity index is 1.43. The van der Waals surface area contributed by atoms with Gasteiger partial charge in [0, 0.05) is 41.8 Å². The van der Waals surface area contributed by atoms with E-state index >= 15 is 0 Å². The van der Waals surface area contributed by atoms with Crippen LogP contribution in [0.3, 0.4) is 0 Å². The molecular weight excluding hydrogens is 274 g/mol. The molecule has 1 fully saturated rings. The Hall–Kier alpha value is -1.65. The van der Waals surface area contributed by atoms with Gasteiger partial charge in [-0.05, 0) is 32.0 Å². The molecule has 22 heavy (non-hydrogen) atoms. The Labute approximate surface area is 131 Å². The quantitative estimate of drug-likeness (QED) is 0.636. The number of ketones is 1. The molecule has 2 aromatic rings. The number of nitrogens with one attached hydrogen (secondary N) is 2. The molecule has 1 saturated heterocycles. The molecule has 0 atom stereocenters. The van der Waals surface area contributed by atoms with Gasteiger partial charge < -0.3 is 15.2 Å². The predicted octanol–water partition coefficient (Wildman–Crippen LogP) is 2.62. The number of rotatable bonds is 6. The maximum Gasteiger partial charge on any atom is 0.176 e. The summed E-state index contributed by atoms with van der Waals surface area (Å²) in [4.78, 5) is 17.8. The predicted molar refractivity (Wildman–Crippen MR) is 89.2 cm³/mol. The minimum Gasteiger partial charge on any atom is -0.361 e. The van der Waals surface area contributed by atoms with Crippen LogP contribution in [0.4, 0.5) is 0 Å². The molecule has 3 rings (SSSR count). The molecule has 2 heterocycles. The summed E-state index contributed by atoms with van der Waals surface area (Å²) < 4.78 is 0. The lowest BCUT2D eigenvalue weighted by molar-refractivity contribution is 0.0990. The summed E-state index contributed by atoms with van der Waals surface area (Å²) in [6.45, 7) is 4.73. The Kier molecular flexibility index (Phi) is 5.24. The molecule has 117 valence electrons. The van der Waals surface area contributed by atoms with Gasteiger partial charge in [0.25, 0.3) is 0 Å². The van der Waals surface area contributed by atoms with Crippen LogP contribution in [0.5, 0.6) is 0 Å². The van der Waals surface area contributed by atoms with Crippen molar-refractivity contribution in [1.29, 1.82) is 0 Å². The van der Waals surface area contributed by atoms with Crippen molar-refractivity contribution in [2.24, 2.45) is 0 Å². The van der Waals surface area contributed by atoms with E-state index in [4.69, 9.17) is 0 Å². The van der Waals surface area contributed by atoms with Gasteiger partial charge >= 0.3 is 0 Å². The average Bonchev–Trinajstić information content (AvgIpc) is 2.85. The third-order valence-corrected chi connectivity index (χ3v) is 4.39. The van der Waals surface area contributed by atoms with Crippen LogP contribution in [0, 0.1) is 6.07 Å². The number of hydrogen-bond acceptors (Lipinski definition) is 3. The molecule has 1 aliphatic heterocycles. The Morgan fingerprint density at radius 1 is 1.23 bits per heavy atom. The lowest BCUT2D eigenvalue weighted by atomic mass is 10.1. The zero-order chi connectivity index (χ0) is 15.2. The molecule has 4 heteroatoms. The molecule has 4 nitrogen and oxygen atoms in total. The molecule has 1 radical (unpaired) electrons. The van der Waals surface area contributed by atoms with Gasteiger partial charge in [-0.15, -0.1) is 0 Å². The number of benzene rings is 1. The van der Waals surface area contributed by atoms with Crippen molar-refractivity contribution >= 4 is 16.7 Å². The fraction of sp³-hybridized carbons (Fsp3) is 0.500. The van der Waals surface area contributed by atoms with Crippen LogP contribution in [-0.2, 0) is 0 Å². The first-order valence-corrected chi connectivity index (χ1v) is 8.28. The van der Waals surface area contributed by atoms with E-state index < -0.39 is 0 Å². The van der Waals surface area contributed by atoms with Crippen molar-refractivity contribution in [1.82, 2.24) is 15.2 Å². The van der Waals surface area contributed by atoms with Gasteiger partial charge in [0.2, 0.25) is 0 Å². The van der Waals surface area contributed by atoms with Crippen LogP contribution in [-0.4, -0.2) is 48.4 Å². The maximum atomic E-state index is 12.2. The van der Waals surface area contributed by atoms with Gasteiger partial charge in [-0.3, -0.25) is 4.79 Å². The summed E-state index contributed by atoms with van der Waals surface area (Å²) in [5.41, 5.74) is 1.72. The van der Waals surface area contributed by atoms with Crippen molar-refractivity contribution < 1.29 is 4.79 Å². The van der Waals surface area contributed by atoms with Crippen molar-refractivity contribution in [3.8, 4) is 0 Å². The second-order valence-electron chi connectivity index (χ2n) is 6.05.